The molecule has 0 heterocycles. The fraction of sp³-hybridized carbons (Fsp3) is 0.600. The maximum absolute atomic E-state index is 13.9. The maximum Gasteiger partial charge on any atom is 0.194 e. The van der Waals surface area contributed by atoms with Gasteiger partial charge in [-0.05, 0) is 79.9 Å². The molecule has 0 aromatic heterocycles. The summed E-state index contributed by atoms with van der Waals surface area (Å²) >= 11 is 0. The topological polar surface area (TPSA) is 0 Å². The normalized spacial score (nSPS) is 27.5. The van der Waals surface area contributed by atoms with E-state index in [-0.39, 0.29) is 0 Å². The molecule has 1 saturated carbocycles. The summed E-state index contributed by atoms with van der Waals surface area (Å²) in [4.78, 5) is 0. The molecule has 1 fully saturated rings. The van der Waals surface area contributed by atoms with Crippen molar-refractivity contribution in [3.63, 3.8) is 0 Å². The third kappa shape index (κ3) is 3.49. The second kappa shape index (κ2) is 7.11. The molecular formula is C20H25F3. The Hall–Kier alpha value is -1.25. The number of hydrogen-bond acceptors (Lipinski definition) is 0. The molecule has 0 bridgehead atoms. The summed E-state index contributed by atoms with van der Waals surface area (Å²) in [6.45, 7) is 3.79. The molecule has 23 heavy (non-hydrogen) atoms. The fourth-order valence-corrected chi connectivity index (χ4v) is 4.55. The van der Waals surface area contributed by atoms with Gasteiger partial charge < -0.3 is 0 Å². The highest BCUT2D eigenvalue weighted by Gasteiger charge is 2.32. The van der Waals surface area contributed by atoms with Crippen molar-refractivity contribution in [2.45, 2.75) is 57.8 Å². The zero-order valence-corrected chi connectivity index (χ0v) is 13.6. The Morgan fingerprint density at radius 2 is 1.74 bits per heavy atom. The largest absolute Gasteiger partial charge is 0.204 e. The van der Waals surface area contributed by atoms with Gasteiger partial charge in [-0.2, -0.15) is 0 Å². The molecule has 0 nitrogen and oxygen atoms in total. The highest BCUT2D eigenvalue weighted by atomic mass is 19.2. The Morgan fingerprint density at radius 3 is 2.43 bits per heavy atom. The van der Waals surface area contributed by atoms with E-state index < -0.39 is 17.5 Å². The quantitative estimate of drug-likeness (QED) is 0.472. The predicted molar refractivity (Wildman–Crippen MR) is 86.7 cm³/mol. The molecule has 3 rings (SSSR count). The van der Waals surface area contributed by atoms with Crippen LogP contribution < -0.4 is 0 Å². The molecule has 2 aliphatic rings. The first kappa shape index (κ1) is 16.6. The van der Waals surface area contributed by atoms with Gasteiger partial charge in [0.1, 0.15) is 0 Å². The predicted octanol–water partition coefficient (Wildman–Crippen LogP) is 5.98. The van der Waals surface area contributed by atoms with Crippen LogP contribution in [0.2, 0.25) is 0 Å². The lowest BCUT2D eigenvalue weighted by atomic mass is 9.69. The lowest BCUT2D eigenvalue weighted by molar-refractivity contribution is 0.184. The van der Waals surface area contributed by atoms with Gasteiger partial charge >= 0.3 is 0 Å². The van der Waals surface area contributed by atoms with Crippen LogP contribution in [0.15, 0.2) is 18.7 Å². The Labute approximate surface area is 136 Å². The summed E-state index contributed by atoms with van der Waals surface area (Å²) in [6, 6.07) is 1.22. The van der Waals surface area contributed by atoms with E-state index in [9.17, 15) is 13.2 Å². The third-order valence-corrected chi connectivity index (χ3v) is 5.94. The van der Waals surface area contributed by atoms with Crippen LogP contribution in [0.25, 0.3) is 0 Å². The zero-order valence-electron chi connectivity index (χ0n) is 13.6. The van der Waals surface area contributed by atoms with Crippen molar-refractivity contribution in [2.75, 3.05) is 0 Å². The van der Waals surface area contributed by atoms with Gasteiger partial charge in [0.15, 0.2) is 17.5 Å². The number of halogens is 3. The standard InChI is InChI=1S/C20H25F3/c1-2-3-4-13-5-7-14(8-6-13)15-9-10-17-16(11-15)12-18(21)20(23)19(17)22/h2,12-15H,1,3-11H2. The summed E-state index contributed by atoms with van der Waals surface area (Å²) < 4.78 is 40.7. The highest BCUT2D eigenvalue weighted by molar-refractivity contribution is 5.33. The summed E-state index contributed by atoms with van der Waals surface area (Å²) in [5.41, 5.74) is 1.09. The van der Waals surface area contributed by atoms with Crippen LogP contribution in [0.4, 0.5) is 13.2 Å². The molecule has 1 atom stereocenters. The molecule has 0 N–H and O–H groups in total. The van der Waals surface area contributed by atoms with Crippen molar-refractivity contribution >= 4 is 0 Å². The minimum absolute atomic E-state index is 0.403. The number of allylic oxidation sites excluding steroid dienone is 1. The summed E-state index contributed by atoms with van der Waals surface area (Å²) in [5, 5.41) is 0. The number of fused-ring (bicyclic) bond motifs is 1. The first-order valence-electron chi connectivity index (χ1n) is 8.86. The number of hydrogen-bond donors (Lipinski definition) is 0. The lowest BCUT2D eigenvalue weighted by Gasteiger charge is -2.36. The Morgan fingerprint density at radius 1 is 1.00 bits per heavy atom. The van der Waals surface area contributed by atoms with Gasteiger partial charge in [0.2, 0.25) is 0 Å². The Bertz CT molecular complexity index is 571. The first-order chi connectivity index (χ1) is 11.1. The average Bonchev–Trinajstić information content (AvgIpc) is 2.58. The second-order valence-electron chi connectivity index (χ2n) is 7.27. The molecule has 0 saturated heterocycles. The van der Waals surface area contributed by atoms with E-state index in [2.05, 4.69) is 6.58 Å². The van der Waals surface area contributed by atoms with Gasteiger partial charge in [-0.25, -0.2) is 13.2 Å². The van der Waals surface area contributed by atoms with Gasteiger partial charge in [0.25, 0.3) is 0 Å². The highest BCUT2D eigenvalue weighted by Crippen LogP contribution is 2.41. The molecular weight excluding hydrogens is 297 g/mol. The monoisotopic (exact) mass is 322 g/mol. The molecule has 1 unspecified atom stereocenters. The SMILES string of the molecule is C=CCCC1CCC(C2CCc3c(cc(F)c(F)c3F)C2)CC1. The molecule has 1 aromatic rings. The van der Waals surface area contributed by atoms with Crippen LogP contribution in [-0.4, -0.2) is 0 Å². The van der Waals surface area contributed by atoms with Crippen LogP contribution >= 0.6 is 0 Å². The maximum atomic E-state index is 13.9. The van der Waals surface area contributed by atoms with E-state index in [0.29, 0.717) is 35.8 Å². The van der Waals surface area contributed by atoms with E-state index in [1.807, 2.05) is 6.08 Å². The summed E-state index contributed by atoms with van der Waals surface area (Å²) in [5.74, 6) is -1.37. The van der Waals surface area contributed by atoms with Crippen molar-refractivity contribution < 1.29 is 13.2 Å². The van der Waals surface area contributed by atoms with Crippen molar-refractivity contribution in [1.29, 1.82) is 0 Å². The van der Waals surface area contributed by atoms with Crippen molar-refractivity contribution in [3.05, 3.63) is 47.3 Å². The fourth-order valence-electron chi connectivity index (χ4n) is 4.55. The van der Waals surface area contributed by atoms with Gasteiger partial charge in [-0.15, -0.1) is 6.58 Å². The molecule has 0 amide bonds. The van der Waals surface area contributed by atoms with Crippen LogP contribution in [0.1, 0.15) is 56.1 Å². The van der Waals surface area contributed by atoms with Crippen LogP contribution in [-0.2, 0) is 12.8 Å². The lowest BCUT2D eigenvalue weighted by Crippen LogP contribution is -2.27. The van der Waals surface area contributed by atoms with E-state index in [1.165, 1.54) is 38.2 Å². The molecule has 1 aromatic carbocycles. The second-order valence-corrected chi connectivity index (χ2v) is 7.27. The van der Waals surface area contributed by atoms with E-state index in [0.717, 1.165) is 18.8 Å². The Kier molecular flexibility index (Phi) is 5.13. The molecule has 126 valence electrons. The average molecular weight is 322 g/mol. The van der Waals surface area contributed by atoms with Crippen LogP contribution in [0.5, 0.6) is 0 Å². The minimum atomic E-state index is -1.31. The van der Waals surface area contributed by atoms with E-state index >= 15 is 0 Å². The van der Waals surface area contributed by atoms with E-state index in [1.54, 1.807) is 0 Å². The summed E-state index contributed by atoms with van der Waals surface area (Å²) in [6.07, 6.45) is 11.4. The molecule has 0 spiro atoms. The first-order valence-corrected chi connectivity index (χ1v) is 8.86. The van der Waals surface area contributed by atoms with Crippen molar-refractivity contribution in [1.82, 2.24) is 0 Å². The van der Waals surface area contributed by atoms with Gasteiger partial charge in [-0.3, -0.25) is 0 Å². The minimum Gasteiger partial charge on any atom is -0.204 e. The molecule has 0 radical (unpaired) electrons. The smallest absolute Gasteiger partial charge is 0.194 e. The summed E-state index contributed by atoms with van der Waals surface area (Å²) in [7, 11) is 0. The Balaban J connectivity index is 1.63. The third-order valence-electron chi connectivity index (χ3n) is 5.94. The van der Waals surface area contributed by atoms with Gasteiger partial charge in [0.05, 0.1) is 0 Å². The molecule has 0 aliphatic heterocycles. The zero-order chi connectivity index (χ0) is 16.4. The number of rotatable bonds is 4. The van der Waals surface area contributed by atoms with Crippen molar-refractivity contribution in [2.24, 2.45) is 17.8 Å². The van der Waals surface area contributed by atoms with Crippen LogP contribution in [0.3, 0.4) is 0 Å². The van der Waals surface area contributed by atoms with Crippen LogP contribution in [0, 0.1) is 35.2 Å². The van der Waals surface area contributed by atoms with Crippen molar-refractivity contribution in [3.8, 4) is 0 Å². The van der Waals surface area contributed by atoms with E-state index in [4.69, 9.17) is 0 Å². The molecule has 2 aliphatic carbocycles. The number of benzene rings is 1. The van der Waals surface area contributed by atoms with Gasteiger partial charge in [-0.1, -0.05) is 18.9 Å². The van der Waals surface area contributed by atoms with Gasteiger partial charge in [0, 0.05) is 0 Å². The molecule has 3 heteroatoms.